The van der Waals surface area contributed by atoms with Crippen LogP contribution in [0.2, 0.25) is 0 Å². The normalized spacial score (nSPS) is 10.5. The predicted molar refractivity (Wildman–Crippen MR) is 96.8 cm³/mol. The van der Waals surface area contributed by atoms with Crippen LogP contribution in [0, 0.1) is 6.92 Å². The van der Waals surface area contributed by atoms with Crippen LogP contribution in [-0.2, 0) is 0 Å². The van der Waals surface area contributed by atoms with E-state index >= 15 is 0 Å². The number of carbonyl (C=O) groups is 1. The summed E-state index contributed by atoms with van der Waals surface area (Å²) >= 11 is 0. The maximum Gasteiger partial charge on any atom is 0.255 e. The molecule has 0 aliphatic heterocycles. The zero-order valence-electron chi connectivity index (χ0n) is 14.2. The van der Waals surface area contributed by atoms with Gasteiger partial charge in [0.2, 0.25) is 5.56 Å². The molecular weight excluding hydrogens is 320 g/mol. The van der Waals surface area contributed by atoms with E-state index in [1.54, 1.807) is 37.4 Å². The van der Waals surface area contributed by atoms with Crippen LogP contribution in [-0.4, -0.2) is 25.1 Å². The SMILES string of the molecule is COc1ccc(C(=O)Nc2ccc3[nH]c(=O)cc(C)c3c2)cc1OC. The molecule has 128 valence electrons. The van der Waals surface area contributed by atoms with Gasteiger partial charge in [-0.05, 0) is 48.9 Å². The molecule has 0 atom stereocenters. The summed E-state index contributed by atoms with van der Waals surface area (Å²) in [6.45, 7) is 1.86. The number of nitrogens with one attached hydrogen (secondary N) is 2. The molecule has 0 radical (unpaired) electrons. The number of hydrogen-bond donors (Lipinski definition) is 2. The number of hydrogen-bond acceptors (Lipinski definition) is 4. The molecule has 2 aromatic carbocycles. The van der Waals surface area contributed by atoms with Crippen LogP contribution in [0.5, 0.6) is 11.5 Å². The zero-order chi connectivity index (χ0) is 18.0. The van der Waals surface area contributed by atoms with Crippen molar-refractivity contribution in [2.45, 2.75) is 6.92 Å². The van der Waals surface area contributed by atoms with Crippen molar-refractivity contribution in [1.29, 1.82) is 0 Å². The van der Waals surface area contributed by atoms with Crippen molar-refractivity contribution in [3.05, 3.63) is 63.9 Å². The van der Waals surface area contributed by atoms with E-state index in [4.69, 9.17) is 9.47 Å². The Morgan fingerprint density at radius 3 is 2.48 bits per heavy atom. The van der Waals surface area contributed by atoms with Crippen molar-refractivity contribution < 1.29 is 14.3 Å². The molecule has 1 amide bonds. The molecule has 0 bridgehead atoms. The van der Waals surface area contributed by atoms with Crippen LogP contribution < -0.4 is 20.3 Å². The zero-order valence-corrected chi connectivity index (χ0v) is 14.2. The van der Waals surface area contributed by atoms with Gasteiger partial charge in [0.05, 0.1) is 14.2 Å². The number of carbonyl (C=O) groups excluding carboxylic acids is 1. The lowest BCUT2D eigenvalue weighted by molar-refractivity contribution is 0.102. The van der Waals surface area contributed by atoms with Crippen LogP contribution in [0.4, 0.5) is 5.69 Å². The van der Waals surface area contributed by atoms with Crippen molar-refractivity contribution in [2.75, 3.05) is 19.5 Å². The van der Waals surface area contributed by atoms with Gasteiger partial charge in [-0.1, -0.05) is 0 Å². The number of methoxy groups -OCH3 is 2. The van der Waals surface area contributed by atoms with E-state index in [0.717, 1.165) is 16.5 Å². The fourth-order valence-corrected chi connectivity index (χ4v) is 2.68. The van der Waals surface area contributed by atoms with Gasteiger partial charge in [0.25, 0.3) is 5.91 Å². The number of rotatable bonds is 4. The first-order valence-corrected chi connectivity index (χ1v) is 7.69. The van der Waals surface area contributed by atoms with Gasteiger partial charge in [0.15, 0.2) is 11.5 Å². The maximum atomic E-state index is 12.5. The number of fused-ring (bicyclic) bond motifs is 1. The first-order valence-electron chi connectivity index (χ1n) is 7.69. The molecule has 3 rings (SSSR count). The van der Waals surface area contributed by atoms with Gasteiger partial charge < -0.3 is 19.8 Å². The number of anilines is 1. The Balaban J connectivity index is 1.90. The first-order chi connectivity index (χ1) is 12.0. The van der Waals surface area contributed by atoms with Gasteiger partial charge in [-0.15, -0.1) is 0 Å². The summed E-state index contributed by atoms with van der Waals surface area (Å²) in [4.78, 5) is 26.8. The minimum absolute atomic E-state index is 0.146. The molecule has 0 fully saturated rings. The van der Waals surface area contributed by atoms with Gasteiger partial charge in [0, 0.05) is 28.2 Å². The van der Waals surface area contributed by atoms with E-state index in [-0.39, 0.29) is 11.5 Å². The van der Waals surface area contributed by atoms with Crippen LogP contribution in [0.1, 0.15) is 15.9 Å². The highest BCUT2D eigenvalue weighted by Crippen LogP contribution is 2.28. The molecule has 1 heterocycles. The molecule has 0 aliphatic carbocycles. The summed E-state index contributed by atoms with van der Waals surface area (Å²) in [5.41, 5.74) is 2.53. The number of ether oxygens (including phenoxy) is 2. The predicted octanol–water partition coefficient (Wildman–Crippen LogP) is 3.11. The van der Waals surface area contributed by atoms with E-state index < -0.39 is 0 Å². The molecule has 0 spiro atoms. The van der Waals surface area contributed by atoms with Crippen LogP contribution >= 0.6 is 0 Å². The summed E-state index contributed by atoms with van der Waals surface area (Å²) in [6, 6.07) is 11.9. The number of aromatic amines is 1. The molecule has 6 nitrogen and oxygen atoms in total. The third-order valence-corrected chi connectivity index (χ3v) is 3.95. The standard InChI is InChI=1S/C19H18N2O4/c1-11-8-18(22)21-15-6-5-13(10-14(11)15)20-19(23)12-4-7-16(24-2)17(9-12)25-3/h4-10H,1-3H3,(H,20,23)(H,21,22). The molecule has 2 N–H and O–H groups in total. The quantitative estimate of drug-likeness (QED) is 0.766. The van der Waals surface area contributed by atoms with Gasteiger partial charge in [-0.25, -0.2) is 0 Å². The van der Waals surface area contributed by atoms with E-state index in [9.17, 15) is 9.59 Å². The van der Waals surface area contributed by atoms with Crippen molar-refractivity contribution in [3.8, 4) is 11.5 Å². The number of aryl methyl sites for hydroxylation is 1. The second-order valence-electron chi connectivity index (χ2n) is 5.60. The van der Waals surface area contributed by atoms with Crippen molar-refractivity contribution in [1.82, 2.24) is 4.98 Å². The Morgan fingerprint density at radius 1 is 1.00 bits per heavy atom. The Labute approximate surface area is 144 Å². The van der Waals surface area contributed by atoms with E-state index in [1.165, 1.54) is 13.2 Å². The minimum atomic E-state index is -0.262. The number of amides is 1. The topological polar surface area (TPSA) is 80.4 Å². The largest absolute Gasteiger partial charge is 0.493 e. The Bertz CT molecular complexity index is 1010. The third kappa shape index (κ3) is 3.33. The lowest BCUT2D eigenvalue weighted by atomic mass is 10.1. The minimum Gasteiger partial charge on any atom is -0.493 e. The smallest absolute Gasteiger partial charge is 0.255 e. The second kappa shape index (κ2) is 6.68. The lowest BCUT2D eigenvalue weighted by Gasteiger charge is -2.11. The highest BCUT2D eigenvalue weighted by molar-refractivity contribution is 6.05. The third-order valence-electron chi connectivity index (χ3n) is 3.95. The molecular formula is C19H18N2O4. The second-order valence-corrected chi connectivity index (χ2v) is 5.60. The highest BCUT2D eigenvalue weighted by atomic mass is 16.5. The van der Waals surface area contributed by atoms with Crippen molar-refractivity contribution in [2.24, 2.45) is 0 Å². The molecule has 0 aliphatic rings. The van der Waals surface area contributed by atoms with Gasteiger partial charge in [0.1, 0.15) is 0 Å². The molecule has 0 unspecified atom stereocenters. The van der Waals surface area contributed by atoms with Crippen LogP contribution in [0.25, 0.3) is 10.9 Å². The fraction of sp³-hybridized carbons (Fsp3) is 0.158. The maximum absolute atomic E-state index is 12.5. The molecule has 3 aromatic rings. The summed E-state index contributed by atoms with van der Waals surface area (Å²) in [5.74, 6) is 0.786. The molecule has 6 heteroatoms. The average Bonchev–Trinajstić information content (AvgIpc) is 2.61. The fourth-order valence-electron chi connectivity index (χ4n) is 2.68. The number of aromatic nitrogens is 1. The van der Waals surface area contributed by atoms with Crippen LogP contribution in [0.15, 0.2) is 47.3 Å². The lowest BCUT2D eigenvalue weighted by Crippen LogP contribution is -2.12. The Kier molecular flexibility index (Phi) is 4.43. The molecule has 0 saturated heterocycles. The number of H-pyrrole nitrogens is 1. The number of pyridine rings is 1. The summed E-state index contributed by atoms with van der Waals surface area (Å²) < 4.78 is 10.4. The summed E-state index contributed by atoms with van der Waals surface area (Å²) in [7, 11) is 3.06. The monoisotopic (exact) mass is 338 g/mol. The summed E-state index contributed by atoms with van der Waals surface area (Å²) in [6.07, 6.45) is 0. The van der Waals surface area contributed by atoms with E-state index in [2.05, 4.69) is 10.3 Å². The van der Waals surface area contributed by atoms with Gasteiger partial charge in [-0.2, -0.15) is 0 Å². The molecule has 25 heavy (non-hydrogen) atoms. The highest BCUT2D eigenvalue weighted by Gasteiger charge is 2.11. The van der Waals surface area contributed by atoms with Crippen LogP contribution in [0.3, 0.4) is 0 Å². The van der Waals surface area contributed by atoms with Gasteiger partial charge in [-0.3, -0.25) is 9.59 Å². The first kappa shape index (κ1) is 16.6. The number of benzene rings is 2. The molecule has 0 saturated carbocycles. The van der Waals surface area contributed by atoms with Gasteiger partial charge >= 0.3 is 0 Å². The van der Waals surface area contributed by atoms with Crippen molar-refractivity contribution >= 4 is 22.5 Å². The molecule has 1 aromatic heterocycles. The van der Waals surface area contributed by atoms with E-state index in [1.807, 2.05) is 13.0 Å². The Hall–Kier alpha value is -3.28. The van der Waals surface area contributed by atoms with E-state index in [0.29, 0.717) is 22.7 Å². The Morgan fingerprint density at radius 2 is 1.76 bits per heavy atom. The summed E-state index contributed by atoms with van der Waals surface area (Å²) in [5, 5.41) is 3.73. The van der Waals surface area contributed by atoms with Crippen molar-refractivity contribution in [3.63, 3.8) is 0 Å². The average molecular weight is 338 g/mol.